The molecule has 0 saturated carbocycles. The van der Waals surface area contributed by atoms with Gasteiger partial charge in [0, 0.05) is 16.5 Å². The van der Waals surface area contributed by atoms with Crippen LogP contribution in [0.1, 0.15) is 62.7 Å². The molecule has 2 N–H and O–H groups in total. The number of amides is 1. The van der Waals surface area contributed by atoms with Crippen LogP contribution in [0.25, 0.3) is 0 Å². The lowest BCUT2D eigenvalue weighted by atomic mass is 10.0. The predicted molar refractivity (Wildman–Crippen MR) is 96.0 cm³/mol. The first kappa shape index (κ1) is 18.4. The molecular formula is C17H25N5OS. The van der Waals surface area contributed by atoms with Crippen molar-refractivity contribution >= 4 is 17.7 Å². The molecule has 0 aliphatic carbocycles. The Labute approximate surface area is 147 Å². The number of thioether (sulfide) groups is 1. The number of aryl methyl sites for hydroxylation is 1. The highest BCUT2D eigenvalue weighted by atomic mass is 32.2. The summed E-state index contributed by atoms with van der Waals surface area (Å²) >= 11 is 1.64. The summed E-state index contributed by atoms with van der Waals surface area (Å²) in [6, 6.07) is 3.31. The largest absolute Gasteiger partial charge is 0.342 e. The highest BCUT2D eigenvalue weighted by molar-refractivity contribution is 8.00. The number of nitrogens with zero attached hydrogens (tertiary/aromatic N) is 3. The van der Waals surface area contributed by atoms with Crippen molar-refractivity contribution < 1.29 is 4.79 Å². The van der Waals surface area contributed by atoms with Crippen molar-refractivity contribution in [2.45, 2.75) is 57.4 Å². The van der Waals surface area contributed by atoms with Gasteiger partial charge in [-0.25, -0.2) is 9.97 Å². The van der Waals surface area contributed by atoms with Crippen LogP contribution < -0.4 is 5.32 Å². The van der Waals surface area contributed by atoms with Crippen LogP contribution in [0, 0.1) is 12.8 Å². The second-order valence-corrected chi connectivity index (χ2v) is 8.92. The van der Waals surface area contributed by atoms with Gasteiger partial charge in [-0.3, -0.25) is 9.89 Å². The number of carbonyl (C=O) groups is 1. The summed E-state index contributed by atoms with van der Waals surface area (Å²) in [6.07, 6.45) is 1.67. The molecule has 2 heterocycles. The normalized spacial score (nSPS) is 13.1. The van der Waals surface area contributed by atoms with Crippen molar-refractivity contribution in [3.05, 3.63) is 35.5 Å². The van der Waals surface area contributed by atoms with Crippen molar-refractivity contribution in [3.63, 3.8) is 0 Å². The monoisotopic (exact) mass is 347 g/mol. The summed E-state index contributed by atoms with van der Waals surface area (Å²) in [6.45, 7) is 12.3. The number of rotatable bonds is 5. The van der Waals surface area contributed by atoms with Gasteiger partial charge in [-0.05, 0) is 25.0 Å². The van der Waals surface area contributed by atoms with Crippen LogP contribution in [0.3, 0.4) is 0 Å². The zero-order chi connectivity index (χ0) is 17.9. The maximum absolute atomic E-state index is 12.6. The van der Waals surface area contributed by atoms with Gasteiger partial charge in [0.15, 0.2) is 5.82 Å². The number of pyridine rings is 1. The van der Waals surface area contributed by atoms with Gasteiger partial charge in [0.1, 0.15) is 5.82 Å². The molecule has 0 saturated heterocycles. The van der Waals surface area contributed by atoms with Crippen molar-refractivity contribution in [2.24, 2.45) is 5.92 Å². The molecule has 0 aliphatic heterocycles. The summed E-state index contributed by atoms with van der Waals surface area (Å²) in [5.41, 5.74) is 0.592. The zero-order valence-electron chi connectivity index (χ0n) is 15.0. The van der Waals surface area contributed by atoms with Crippen molar-refractivity contribution in [2.75, 3.05) is 0 Å². The van der Waals surface area contributed by atoms with Gasteiger partial charge in [0.2, 0.25) is 0 Å². The zero-order valence-corrected chi connectivity index (χ0v) is 15.9. The van der Waals surface area contributed by atoms with Gasteiger partial charge in [-0.1, -0.05) is 34.6 Å². The third kappa shape index (κ3) is 5.06. The summed E-state index contributed by atoms with van der Waals surface area (Å²) in [5, 5.41) is 10.9. The molecule has 7 heteroatoms. The maximum atomic E-state index is 12.6. The topological polar surface area (TPSA) is 83.6 Å². The Hall–Kier alpha value is -1.89. The van der Waals surface area contributed by atoms with Crippen molar-refractivity contribution in [1.29, 1.82) is 0 Å². The number of H-pyrrole nitrogens is 1. The van der Waals surface area contributed by atoms with E-state index in [0.717, 1.165) is 10.9 Å². The Morgan fingerprint density at radius 2 is 2.04 bits per heavy atom. The molecule has 0 radical (unpaired) electrons. The van der Waals surface area contributed by atoms with Gasteiger partial charge in [-0.2, -0.15) is 5.10 Å². The van der Waals surface area contributed by atoms with Crippen LogP contribution >= 0.6 is 11.8 Å². The molecule has 0 unspecified atom stereocenters. The third-order valence-electron chi connectivity index (χ3n) is 3.25. The lowest BCUT2D eigenvalue weighted by molar-refractivity contribution is 0.0922. The average molecular weight is 347 g/mol. The Morgan fingerprint density at radius 1 is 1.33 bits per heavy atom. The number of aromatic nitrogens is 4. The van der Waals surface area contributed by atoms with Gasteiger partial charge >= 0.3 is 0 Å². The molecule has 2 aromatic rings. The molecule has 6 nitrogen and oxygen atoms in total. The molecular weight excluding hydrogens is 322 g/mol. The molecule has 2 rings (SSSR count). The number of hydrogen-bond donors (Lipinski definition) is 2. The molecule has 0 bridgehead atoms. The molecule has 2 aromatic heterocycles. The average Bonchev–Trinajstić information content (AvgIpc) is 2.88. The van der Waals surface area contributed by atoms with E-state index < -0.39 is 0 Å². The predicted octanol–water partition coefficient (Wildman–Crippen LogP) is 3.53. The standard InChI is InChI=1S/C17H25N5OS/c1-10(2)14(15-19-11(3)21-22-15)20-16(23)12-7-8-18-13(9-12)24-17(4,5)6/h7-10,14H,1-6H3,(H,20,23)(H,19,21,22)/t14-/m0/s1. The second kappa shape index (κ2) is 7.34. The number of carbonyl (C=O) groups excluding carboxylic acids is 1. The van der Waals surface area contributed by atoms with E-state index >= 15 is 0 Å². The van der Waals surface area contributed by atoms with Crippen molar-refractivity contribution in [3.8, 4) is 0 Å². The molecule has 130 valence electrons. The summed E-state index contributed by atoms with van der Waals surface area (Å²) < 4.78 is 0.0407. The van der Waals surface area contributed by atoms with Crippen LogP contribution in [-0.2, 0) is 0 Å². The SMILES string of the molecule is Cc1nc([C@@H](NC(=O)c2ccnc(SC(C)(C)C)c2)C(C)C)n[nH]1. The minimum Gasteiger partial charge on any atom is -0.342 e. The lowest BCUT2D eigenvalue weighted by Gasteiger charge is -2.20. The van der Waals surface area contributed by atoms with Crippen LogP contribution in [-0.4, -0.2) is 30.8 Å². The number of aromatic amines is 1. The minimum atomic E-state index is -0.241. The van der Waals surface area contributed by atoms with E-state index in [-0.39, 0.29) is 22.6 Å². The van der Waals surface area contributed by atoms with E-state index in [1.54, 1.807) is 24.0 Å². The van der Waals surface area contributed by atoms with E-state index in [2.05, 4.69) is 46.3 Å². The fraction of sp³-hybridized carbons (Fsp3) is 0.529. The van der Waals surface area contributed by atoms with Crippen molar-refractivity contribution in [1.82, 2.24) is 25.5 Å². The number of nitrogens with one attached hydrogen (secondary N) is 2. The maximum Gasteiger partial charge on any atom is 0.252 e. The van der Waals surface area contributed by atoms with E-state index in [4.69, 9.17) is 0 Å². The first-order chi connectivity index (χ1) is 11.2. The Kier molecular flexibility index (Phi) is 5.64. The first-order valence-electron chi connectivity index (χ1n) is 8.00. The van der Waals surface area contributed by atoms with Gasteiger partial charge < -0.3 is 5.32 Å². The Bertz CT molecular complexity index is 705. The fourth-order valence-electron chi connectivity index (χ4n) is 2.17. The summed E-state index contributed by atoms with van der Waals surface area (Å²) in [7, 11) is 0. The van der Waals surface area contributed by atoms with Crippen LogP contribution in [0.5, 0.6) is 0 Å². The molecule has 0 aromatic carbocycles. The number of hydrogen-bond acceptors (Lipinski definition) is 5. The van der Waals surface area contributed by atoms with Gasteiger partial charge in [0.05, 0.1) is 11.1 Å². The van der Waals surface area contributed by atoms with Gasteiger partial charge in [0.25, 0.3) is 5.91 Å². The highest BCUT2D eigenvalue weighted by Crippen LogP contribution is 2.30. The van der Waals surface area contributed by atoms with E-state index in [0.29, 0.717) is 11.4 Å². The van der Waals surface area contributed by atoms with Gasteiger partial charge in [-0.15, -0.1) is 11.8 Å². The highest BCUT2D eigenvalue weighted by Gasteiger charge is 2.23. The second-order valence-electron chi connectivity index (χ2n) is 7.07. The minimum absolute atomic E-state index is 0.0407. The van der Waals surface area contributed by atoms with E-state index in [9.17, 15) is 4.79 Å². The molecule has 0 aliphatic rings. The summed E-state index contributed by atoms with van der Waals surface area (Å²) in [4.78, 5) is 21.3. The Morgan fingerprint density at radius 3 is 2.58 bits per heavy atom. The summed E-state index contributed by atoms with van der Waals surface area (Å²) in [5.74, 6) is 1.37. The van der Waals surface area contributed by atoms with Crippen LogP contribution in [0.2, 0.25) is 0 Å². The smallest absolute Gasteiger partial charge is 0.252 e. The van der Waals surface area contributed by atoms with E-state index in [1.165, 1.54) is 0 Å². The van der Waals surface area contributed by atoms with E-state index in [1.807, 2.05) is 26.8 Å². The van der Waals surface area contributed by atoms with Crippen LogP contribution in [0.4, 0.5) is 0 Å². The molecule has 0 fully saturated rings. The lowest BCUT2D eigenvalue weighted by Crippen LogP contribution is -2.32. The third-order valence-corrected chi connectivity index (χ3v) is 4.30. The fourth-order valence-corrected chi connectivity index (χ4v) is 3.10. The molecule has 24 heavy (non-hydrogen) atoms. The molecule has 1 amide bonds. The quantitative estimate of drug-likeness (QED) is 0.809. The van der Waals surface area contributed by atoms with Crippen LogP contribution in [0.15, 0.2) is 23.4 Å². The first-order valence-corrected chi connectivity index (χ1v) is 8.82. The molecule has 1 atom stereocenters. The molecule has 0 spiro atoms. The Balaban J connectivity index is 2.17.